The molecule has 0 atom stereocenters. The number of sulfonamides is 1. The Morgan fingerprint density at radius 2 is 1.97 bits per heavy atom. The highest BCUT2D eigenvalue weighted by Gasteiger charge is 2.35. The predicted octanol–water partition coefficient (Wildman–Crippen LogP) is 3.32. The summed E-state index contributed by atoms with van der Waals surface area (Å²) in [5.41, 5.74) is 4.23. The van der Waals surface area contributed by atoms with Crippen molar-refractivity contribution in [2.45, 2.75) is 44.9 Å². The Kier molecular flexibility index (Phi) is 5.04. The van der Waals surface area contributed by atoms with Gasteiger partial charge in [-0.1, -0.05) is 13.0 Å². The molecule has 1 aliphatic rings. The minimum Gasteiger partial charge on any atom is -0.313 e. The van der Waals surface area contributed by atoms with Crippen LogP contribution in [-0.2, 0) is 16.6 Å². The highest BCUT2D eigenvalue weighted by atomic mass is 32.2. The average Bonchev–Trinajstić information content (AvgIpc) is 3.43. The SMILES string of the molecule is CCCn1cc(-n2cc(-c3ccc(NS(=O)(=O)C4CC4)cc3C)cn2)ccc1=O. The molecule has 1 saturated carbocycles. The van der Waals surface area contributed by atoms with Gasteiger partial charge in [-0.15, -0.1) is 0 Å². The number of rotatable bonds is 7. The summed E-state index contributed by atoms with van der Waals surface area (Å²) < 4.78 is 30.4. The lowest BCUT2D eigenvalue weighted by Gasteiger charge is -2.10. The lowest BCUT2D eigenvalue weighted by atomic mass is 10.0. The number of aromatic nitrogens is 3. The molecule has 0 bridgehead atoms. The molecule has 1 fully saturated rings. The number of nitrogens with zero attached hydrogens (tertiary/aromatic N) is 3. The van der Waals surface area contributed by atoms with Crippen molar-refractivity contribution in [3.8, 4) is 16.8 Å². The molecule has 1 aromatic carbocycles. The molecule has 0 amide bonds. The second kappa shape index (κ2) is 7.51. The summed E-state index contributed by atoms with van der Waals surface area (Å²) in [5, 5.41) is 4.18. The van der Waals surface area contributed by atoms with E-state index in [1.165, 1.54) is 0 Å². The number of nitrogens with one attached hydrogen (secondary N) is 1. The molecule has 7 nitrogen and oxygen atoms in total. The van der Waals surface area contributed by atoms with Gasteiger partial charge in [0.15, 0.2) is 0 Å². The molecule has 0 aliphatic heterocycles. The van der Waals surface area contributed by atoms with Crippen molar-refractivity contribution in [2.75, 3.05) is 4.72 Å². The first kappa shape index (κ1) is 19.4. The van der Waals surface area contributed by atoms with Crippen LogP contribution in [0.2, 0.25) is 0 Å². The van der Waals surface area contributed by atoms with Crippen molar-refractivity contribution in [1.82, 2.24) is 14.3 Å². The Hall–Kier alpha value is -2.87. The first-order valence-corrected chi connectivity index (χ1v) is 11.3. The van der Waals surface area contributed by atoms with Crippen LogP contribution >= 0.6 is 0 Å². The van der Waals surface area contributed by atoms with E-state index in [1.807, 2.05) is 38.4 Å². The van der Waals surface area contributed by atoms with E-state index < -0.39 is 10.0 Å². The lowest BCUT2D eigenvalue weighted by Crippen LogP contribution is -2.19. The fourth-order valence-electron chi connectivity index (χ4n) is 3.35. The van der Waals surface area contributed by atoms with Gasteiger partial charge in [0.2, 0.25) is 10.0 Å². The van der Waals surface area contributed by atoms with Crippen LogP contribution < -0.4 is 10.3 Å². The van der Waals surface area contributed by atoms with Gasteiger partial charge in [-0.05, 0) is 55.5 Å². The summed E-state index contributed by atoms with van der Waals surface area (Å²) in [6, 6.07) is 8.83. The summed E-state index contributed by atoms with van der Waals surface area (Å²) in [6.07, 6.45) is 7.83. The van der Waals surface area contributed by atoms with Crippen LogP contribution in [0.25, 0.3) is 16.8 Å². The Morgan fingerprint density at radius 3 is 2.66 bits per heavy atom. The van der Waals surface area contributed by atoms with Gasteiger partial charge >= 0.3 is 0 Å². The summed E-state index contributed by atoms with van der Waals surface area (Å²) in [5.74, 6) is 0. The standard InChI is InChI=1S/C21H24N4O3S/c1-3-10-24-14-18(5-9-21(24)26)25-13-16(12-22-25)20-8-4-17(11-15(20)2)23-29(27,28)19-6-7-19/h4-5,8-9,11-14,19,23H,3,6-7,10H2,1-2H3. The van der Waals surface area contributed by atoms with Crippen molar-refractivity contribution in [3.63, 3.8) is 0 Å². The van der Waals surface area contributed by atoms with Crippen molar-refractivity contribution in [1.29, 1.82) is 0 Å². The van der Waals surface area contributed by atoms with E-state index >= 15 is 0 Å². The highest BCUT2D eigenvalue weighted by molar-refractivity contribution is 7.93. The lowest BCUT2D eigenvalue weighted by molar-refractivity contribution is 0.600. The zero-order valence-corrected chi connectivity index (χ0v) is 17.3. The molecule has 1 aliphatic carbocycles. The van der Waals surface area contributed by atoms with Crippen LogP contribution in [0, 0.1) is 6.92 Å². The Labute approximate surface area is 170 Å². The number of benzene rings is 1. The quantitative estimate of drug-likeness (QED) is 0.645. The number of hydrogen-bond acceptors (Lipinski definition) is 4. The smallest absolute Gasteiger partial charge is 0.250 e. The topological polar surface area (TPSA) is 86.0 Å². The van der Waals surface area contributed by atoms with Crippen LogP contribution in [0.1, 0.15) is 31.7 Å². The fraction of sp³-hybridized carbons (Fsp3) is 0.333. The summed E-state index contributed by atoms with van der Waals surface area (Å²) >= 11 is 0. The zero-order chi connectivity index (χ0) is 20.6. The summed E-state index contributed by atoms with van der Waals surface area (Å²) in [7, 11) is -3.27. The second-order valence-corrected chi connectivity index (χ2v) is 9.43. The number of hydrogen-bond donors (Lipinski definition) is 1. The van der Waals surface area contributed by atoms with Gasteiger partial charge in [0.25, 0.3) is 5.56 Å². The maximum Gasteiger partial charge on any atom is 0.250 e. The van der Waals surface area contributed by atoms with Crippen LogP contribution in [0.4, 0.5) is 5.69 Å². The highest BCUT2D eigenvalue weighted by Crippen LogP contribution is 2.31. The van der Waals surface area contributed by atoms with Crippen LogP contribution in [0.5, 0.6) is 0 Å². The maximum atomic E-state index is 12.1. The Bertz CT molecular complexity index is 1210. The molecule has 0 saturated heterocycles. The van der Waals surface area contributed by atoms with Crippen LogP contribution in [0.15, 0.2) is 53.7 Å². The molecule has 29 heavy (non-hydrogen) atoms. The van der Waals surface area contributed by atoms with E-state index in [-0.39, 0.29) is 10.8 Å². The molecule has 2 heterocycles. The molecule has 0 radical (unpaired) electrons. The minimum atomic E-state index is -3.27. The Morgan fingerprint density at radius 1 is 1.17 bits per heavy atom. The molecule has 8 heteroatoms. The van der Waals surface area contributed by atoms with E-state index in [2.05, 4.69) is 9.82 Å². The third-order valence-electron chi connectivity index (χ3n) is 5.04. The van der Waals surface area contributed by atoms with Gasteiger partial charge < -0.3 is 4.57 Å². The van der Waals surface area contributed by atoms with Gasteiger partial charge in [0.1, 0.15) is 0 Å². The molecule has 3 aromatic rings. The largest absolute Gasteiger partial charge is 0.313 e. The van der Waals surface area contributed by atoms with Crippen molar-refractivity contribution < 1.29 is 8.42 Å². The van der Waals surface area contributed by atoms with Crippen molar-refractivity contribution >= 4 is 15.7 Å². The van der Waals surface area contributed by atoms with E-state index in [0.717, 1.165) is 41.6 Å². The number of aryl methyl sites for hydroxylation is 2. The van der Waals surface area contributed by atoms with Crippen LogP contribution in [0.3, 0.4) is 0 Å². The van der Waals surface area contributed by atoms with E-state index in [4.69, 9.17) is 0 Å². The molecule has 4 rings (SSSR count). The second-order valence-electron chi connectivity index (χ2n) is 7.47. The normalized spacial score (nSPS) is 14.1. The molecule has 0 unspecified atom stereocenters. The van der Waals surface area contributed by atoms with Gasteiger partial charge in [-0.3, -0.25) is 9.52 Å². The summed E-state index contributed by atoms with van der Waals surface area (Å²) in [6.45, 7) is 4.64. The molecular weight excluding hydrogens is 388 g/mol. The Balaban J connectivity index is 1.59. The van der Waals surface area contributed by atoms with Crippen molar-refractivity contribution in [2.24, 2.45) is 0 Å². The third-order valence-corrected chi connectivity index (χ3v) is 6.91. The molecular formula is C21H24N4O3S. The molecule has 0 spiro atoms. The van der Waals surface area contributed by atoms with Gasteiger partial charge in [-0.2, -0.15) is 5.10 Å². The first-order valence-electron chi connectivity index (χ1n) is 9.75. The first-order chi connectivity index (χ1) is 13.9. The van der Waals surface area contributed by atoms with E-state index in [1.54, 1.807) is 33.6 Å². The van der Waals surface area contributed by atoms with Gasteiger partial charge in [-0.25, -0.2) is 13.1 Å². The fourth-order valence-corrected chi connectivity index (χ4v) is 4.73. The number of pyridine rings is 1. The predicted molar refractivity (Wildman–Crippen MR) is 114 cm³/mol. The van der Waals surface area contributed by atoms with E-state index in [0.29, 0.717) is 12.2 Å². The average molecular weight is 413 g/mol. The third kappa shape index (κ3) is 4.12. The van der Waals surface area contributed by atoms with Gasteiger partial charge in [0, 0.05) is 36.3 Å². The van der Waals surface area contributed by atoms with E-state index in [9.17, 15) is 13.2 Å². The molecule has 2 aromatic heterocycles. The monoisotopic (exact) mass is 412 g/mol. The van der Waals surface area contributed by atoms with Crippen molar-refractivity contribution in [3.05, 3.63) is 64.8 Å². The zero-order valence-electron chi connectivity index (χ0n) is 16.5. The maximum absolute atomic E-state index is 12.1. The molecule has 152 valence electrons. The van der Waals surface area contributed by atoms with Crippen LogP contribution in [-0.4, -0.2) is 28.0 Å². The molecule has 1 N–H and O–H groups in total. The summed E-state index contributed by atoms with van der Waals surface area (Å²) in [4.78, 5) is 11.9. The minimum absolute atomic E-state index is 0.0249. The number of anilines is 1. The van der Waals surface area contributed by atoms with Gasteiger partial charge in [0.05, 0.1) is 17.1 Å².